The summed E-state index contributed by atoms with van der Waals surface area (Å²) in [6.45, 7) is 0. The predicted octanol–water partition coefficient (Wildman–Crippen LogP) is 2.08. The van der Waals surface area contributed by atoms with Crippen LogP contribution in [0.4, 0.5) is 4.79 Å². The van der Waals surface area contributed by atoms with Gasteiger partial charge in [-0.15, -0.1) is 0 Å². The molecule has 0 saturated carbocycles. The SMILES string of the molecule is CONC(=O)N[C@@H]1CCCc2c(Br)cncc21. The van der Waals surface area contributed by atoms with E-state index in [-0.39, 0.29) is 12.1 Å². The standard InChI is InChI=1S/C11H14BrN3O2/c1-17-15-11(16)14-10-4-2-3-7-8(10)5-13-6-9(7)12/h5-6,10H,2-4H2,1H3,(H2,14,15,16)/t10-/m1/s1. The third-order valence-electron chi connectivity index (χ3n) is 2.83. The van der Waals surface area contributed by atoms with Crippen LogP contribution in [0.3, 0.4) is 0 Å². The molecule has 0 radical (unpaired) electrons. The number of nitrogens with one attached hydrogen (secondary N) is 2. The average molecular weight is 300 g/mol. The molecule has 0 spiro atoms. The highest BCUT2D eigenvalue weighted by Gasteiger charge is 2.23. The van der Waals surface area contributed by atoms with E-state index in [1.165, 1.54) is 12.7 Å². The Labute approximate surface area is 108 Å². The number of hydrogen-bond donors (Lipinski definition) is 2. The van der Waals surface area contributed by atoms with E-state index in [0.717, 1.165) is 29.3 Å². The van der Waals surface area contributed by atoms with Gasteiger partial charge < -0.3 is 5.32 Å². The van der Waals surface area contributed by atoms with Gasteiger partial charge in [-0.25, -0.2) is 10.3 Å². The molecule has 2 amide bonds. The lowest BCUT2D eigenvalue weighted by molar-refractivity contribution is 0.105. The number of fused-ring (bicyclic) bond motifs is 1. The van der Waals surface area contributed by atoms with Gasteiger partial charge in [-0.1, -0.05) is 0 Å². The maximum Gasteiger partial charge on any atom is 0.339 e. The van der Waals surface area contributed by atoms with Crippen LogP contribution in [0.15, 0.2) is 16.9 Å². The number of pyridine rings is 1. The molecule has 5 nitrogen and oxygen atoms in total. The third-order valence-corrected chi connectivity index (χ3v) is 3.52. The zero-order chi connectivity index (χ0) is 12.3. The summed E-state index contributed by atoms with van der Waals surface area (Å²) >= 11 is 3.49. The molecule has 1 aromatic heterocycles. The van der Waals surface area contributed by atoms with Crippen LogP contribution < -0.4 is 10.8 Å². The molecule has 1 aliphatic rings. The summed E-state index contributed by atoms with van der Waals surface area (Å²) in [5.74, 6) is 0. The average Bonchev–Trinajstić information content (AvgIpc) is 2.31. The Morgan fingerprint density at radius 1 is 1.59 bits per heavy atom. The van der Waals surface area contributed by atoms with Crippen LogP contribution in [-0.2, 0) is 11.3 Å². The molecule has 2 N–H and O–H groups in total. The molecule has 0 saturated heterocycles. The lowest BCUT2D eigenvalue weighted by atomic mass is 9.89. The van der Waals surface area contributed by atoms with Crippen molar-refractivity contribution in [1.82, 2.24) is 15.8 Å². The molecule has 0 fully saturated rings. The molecular formula is C11H14BrN3O2. The molecule has 2 rings (SSSR count). The second-order valence-electron chi connectivity index (χ2n) is 3.91. The second kappa shape index (κ2) is 5.46. The van der Waals surface area contributed by atoms with Gasteiger partial charge in [0.15, 0.2) is 0 Å². The first-order valence-electron chi connectivity index (χ1n) is 5.44. The minimum absolute atomic E-state index is 0.00102. The fourth-order valence-electron chi connectivity index (χ4n) is 2.11. The van der Waals surface area contributed by atoms with E-state index >= 15 is 0 Å². The van der Waals surface area contributed by atoms with Crippen molar-refractivity contribution in [3.8, 4) is 0 Å². The van der Waals surface area contributed by atoms with Crippen LogP contribution >= 0.6 is 15.9 Å². The van der Waals surface area contributed by atoms with Gasteiger partial charge in [0.05, 0.1) is 13.2 Å². The van der Waals surface area contributed by atoms with Gasteiger partial charge in [-0.05, 0) is 46.3 Å². The molecule has 6 heteroatoms. The number of carbonyl (C=O) groups excluding carboxylic acids is 1. The number of urea groups is 1. The van der Waals surface area contributed by atoms with E-state index in [0.29, 0.717) is 0 Å². The van der Waals surface area contributed by atoms with Crippen molar-refractivity contribution < 1.29 is 9.63 Å². The van der Waals surface area contributed by atoms with E-state index in [1.54, 1.807) is 6.20 Å². The van der Waals surface area contributed by atoms with Crippen molar-refractivity contribution in [2.45, 2.75) is 25.3 Å². The number of halogens is 1. The summed E-state index contributed by atoms with van der Waals surface area (Å²) in [6.07, 6.45) is 6.59. The Kier molecular flexibility index (Phi) is 3.96. The Balaban J connectivity index is 2.17. The minimum atomic E-state index is -0.328. The van der Waals surface area contributed by atoms with Crippen molar-refractivity contribution >= 4 is 22.0 Å². The molecule has 0 unspecified atom stereocenters. The lowest BCUT2D eigenvalue weighted by Gasteiger charge is -2.26. The zero-order valence-electron chi connectivity index (χ0n) is 9.50. The van der Waals surface area contributed by atoms with Crippen LogP contribution in [-0.4, -0.2) is 18.1 Å². The number of aromatic nitrogens is 1. The first-order valence-corrected chi connectivity index (χ1v) is 6.23. The van der Waals surface area contributed by atoms with Gasteiger partial charge in [0.25, 0.3) is 0 Å². The lowest BCUT2D eigenvalue weighted by Crippen LogP contribution is -2.38. The third kappa shape index (κ3) is 2.76. The molecule has 92 valence electrons. The monoisotopic (exact) mass is 299 g/mol. The van der Waals surface area contributed by atoms with Gasteiger partial charge in [0.1, 0.15) is 0 Å². The van der Waals surface area contributed by atoms with Crippen LogP contribution in [0.2, 0.25) is 0 Å². The van der Waals surface area contributed by atoms with Crippen molar-refractivity contribution in [3.63, 3.8) is 0 Å². The predicted molar refractivity (Wildman–Crippen MR) is 66.3 cm³/mol. The number of amides is 2. The number of hydroxylamine groups is 1. The highest BCUT2D eigenvalue weighted by Crippen LogP contribution is 2.33. The van der Waals surface area contributed by atoms with Crippen LogP contribution in [0.5, 0.6) is 0 Å². The van der Waals surface area contributed by atoms with Gasteiger partial charge in [-0.3, -0.25) is 9.82 Å². The maximum absolute atomic E-state index is 11.4. The highest BCUT2D eigenvalue weighted by atomic mass is 79.9. The zero-order valence-corrected chi connectivity index (χ0v) is 11.1. The maximum atomic E-state index is 11.4. The molecule has 1 aromatic rings. The highest BCUT2D eigenvalue weighted by molar-refractivity contribution is 9.10. The summed E-state index contributed by atoms with van der Waals surface area (Å²) in [5, 5.41) is 2.87. The van der Waals surface area contributed by atoms with Crippen molar-refractivity contribution in [2.24, 2.45) is 0 Å². The summed E-state index contributed by atoms with van der Waals surface area (Å²) < 4.78 is 1.01. The summed E-state index contributed by atoms with van der Waals surface area (Å²) in [7, 11) is 1.41. The number of carbonyl (C=O) groups is 1. The van der Waals surface area contributed by atoms with Gasteiger partial charge >= 0.3 is 6.03 Å². The molecule has 17 heavy (non-hydrogen) atoms. The fourth-order valence-corrected chi connectivity index (χ4v) is 2.65. The molecule has 1 atom stereocenters. The summed E-state index contributed by atoms with van der Waals surface area (Å²) in [6, 6.07) is -0.329. The Morgan fingerprint density at radius 3 is 3.18 bits per heavy atom. The number of nitrogens with zero attached hydrogens (tertiary/aromatic N) is 1. The molecular weight excluding hydrogens is 286 g/mol. The Hall–Kier alpha value is -1.14. The molecule has 0 bridgehead atoms. The van der Waals surface area contributed by atoms with E-state index in [2.05, 4.69) is 36.5 Å². The van der Waals surface area contributed by atoms with Gasteiger partial charge in [0, 0.05) is 16.9 Å². The van der Waals surface area contributed by atoms with E-state index in [4.69, 9.17) is 0 Å². The van der Waals surface area contributed by atoms with Crippen LogP contribution in [0, 0.1) is 0 Å². The molecule has 0 aliphatic heterocycles. The van der Waals surface area contributed by atoms with Crippen LogP contribution in [0.25, 0.3) is 0 Å². The first-order chi connectivity index (χ1) is 8.22. The topological polar surface area (TPSA) is 63.2 Å². The Bertz CT molecular complexity index is 425. The summed E-state index contributed by atoms with van der Waals surface area (Å²) in [4.78, 5) is 20.1. The van der Waals surface area contributed by atoms with E-state index in [9.17, 15) is 4.79 Å². The first kappa shape index (κ1) is 12.3. The quantitative estimate of drug-likeness (QED) is 0.822. The molecule has 1 aliphatic carbocycles. The van der Waals surface area contributed by atoms with Crippen molar-refractivity contribution in [2.75, 3.05) is 7.11 Å². The van der Waals surface area contributed by atoms with Gasteiger partial charge in [0.2, 0.25) is 0 Å². The largest absolute Gasteiger partial charge is 0.339 e. The van der Waals surface area contributed by atoms with Crippen molar-refractivity contribution in [1.29, 1.82) is 0 Å². The fraction of sp³-hybridized carbons (Fsp3) is 0.455. The van der Waals surface area contributed by atoms with Crippen molar-refractivity contribution in [3.05, 3.63) is 28.0 Å². The number of rotatable bonds is 2. The Morgan fingerprint density at radius 2 is 2.41 bits per heavy atom. The summed E-state index contributed by atoms with van der Waals surface area (Å²) in [5.41, 5.74) is 4.57. The molecule has 1 heterocycles. The van der Waals surface area contributed by atoms with Gasteiger partial charge in [-0.2, -0.15) is 0 Å². The minimum Gasteiger partial charge on any atom is -0.330 e. The second-order valence-corrected chi connectivity index (χ2v) is 4.77. The smallest absolute Gasteiger partial charge is 0.330 e. The normalized spacial score (nSPS) is 18.4. The van der Waals surface area contributed by atoms with Crippen LogP contribution in [0.1, 0.15) is 30.0 Å². The van der Waals surface area contributed by atoms with E-state index in [1.807, 2.05) is 6.20 Å². The number of hydrogen-bond acceptors (Lipinski definition) is 3. The van der Waals surface area contributed by atoms with E-state index < -0.39 is 0 Å². The molecule has 0 aromatic carbocycles.